The average Bonchev–Trinajstić information content (AvgIpc) is 2.38. The molecule has 2 rings (SSSR count). The molecule has 0 atom stereocenters. The first-order chi connectivity index (χ1) is 9.47. The second-order valence-corrected chi connectivity index (χ2v) is 5.43. The predicted octanol–water partition coefficient (Wildman–Crippen LogP) is 3.71. The van der Waals surface area contributed by atoms with Gasteiger partial charge in [-0.25, -0.2) is 0 Å². The van der Waals surface area contributed by atoms with Gasteiger partial charge in [0.15, 0.2) is 5.69 Å². The molecule has 1 heterocycles. The van der Waals surface area contributed by atoms with Gasteiger partial charge in [0, 0.05) is 4.47 Å². The summed E-state index contributed by atoms with van der Waals surface area (Å²) in [5.74, 6) is 1.28. The van der Waals surface area contributed by atoms with E-state index in [2.05, 4.69) is 25.9 Å². The number of hydrogen-bond donors (Lipinski definition) is 1. The molecule has 1 aromatic heterocycles. The highest BCUT2D eigenvalue weighted by Gasteiger charge is 2.13. The van der Waals surface area contributed by atoms with Gasteiger partial charge in [-0.05, 0) is 44.5 Å². The zero-order valence-electron chi connectivity index (χ0n) is 11.6. The van der Waals surface area contributed by atoms with Gasteiger partial charge >= 0.3 is 0 Å². The Balaban J connectivity index is 2.27. The molecule has 0 bridgehead atoms. The number of halogens is 1. The number of rotatable bonds is 4. The lowest BCUT2D eigenvalue weighted by Gasteiger charge is -2.13. The number of hydrogen-bond acceptors (Lipinski definition) is 5. The van der Waals surface area contributed by atoms with E-state index >= 15 is 0 Å². The Kier molecular flexibility index (Phi) is 4.44. The summed E-state index contributed by atoms with van der Waals surface area (Å²) in [6.45, 7) is 5.79. The van der Waals surface area contributed by atoms with E-state index in [9.17, 15) is 0 Å². The third kappa shape index (κ3) is 3.39. The van der Waals surface area contributed by atoms with Crippen LogP contribution in [-0.4, -0.2) is 16.1 Å². The first kappa shape index (κ1) is 14.6. The van der Waals surface area contributed by atoms with Crippen molar-refractivity contribution in [1.29, 1.82) is 0 Å². The molecule has 1 aromatic carbocycles. The Bertz CT molecular complexity index is 617. The lowest BCUT2D eigenvalue weighted by atomic mass is 10.2. The molecule has 0 aliphatic rings. The summed E-state index contributed by atoms with van der Waals surface area (Å²) < 4.78 is 12.2. The maximum Gasteiger partial charge on any atom is 0.249 e. The third-order valence-corrected chi connectivity index (χ3v) is 3.39. The van der Waals surface area contributed by atoms with Crippen molar-refractivity contribution >= 4 is 21.6 Å². The molecular weight excluding hydrogens is 322 g/mol. The fourth-order valence-electron chi connectivity index (χ4n) is 1.56. The average molecular weight is 338 g/mol. The fraction of sp³-hybridized carbons (Fsp3) is 0.286. The van der Waals surface area contributed by atoms with Gasteiger partial charge in [-0.15, -0.1) is 0 Å². The number of ether oxygens (including phenoxy) is 2. The van der Waals surface area contributed by atoms with Gasteiger partial charge in [0.25, 0.3) is 0 Å². The van der Waals surface area contributed by atoms with Gasteiger partial charge in [-0.1, -0.05) is 15.9 Å². The Hall–Kier alpha value is -1.82. The monoisotopic (exact) mass is 337 g/mol. The van der Waals surface area contributed by atoms with Crippen LogP contribution >= 0.6 is 15.9 Å². The Morgan fingerprint density at radius 3 is 2.55 bits per heavy atom. The van der Waals surface area contributed by atoms with Crippen molar-refractivity contribution in [3.05, 3.63) is 34.6 Å². The van der Waals surface area contributed by atoms with Crippen molar-refractivity contribution < 1.29 is 9.47 Å². The van der Waals surface area contributed by atoms with Crippen LogP contribution in [-0.2, 0) is 0 Å². The van der Waals surface area contributed by atoms with Gasteiger partial charge < -0.3 is 15.2 Å². The van der Waals surface area contributed by atoms with Crippen LogP contribution in [0.5, 0.6) is 17.5 Å². The molecule has 0 amide bonds. The number of aromatic nitrogens is 2. The number of nitrogens with zero attached hydrogens (tertiary/aromatic N) is 2. The molecule has 0 aliphatic carbocycles. The van der Waals surface area contributed by atoms with Crippen LogP contribution < -0.4 is 15.2 Å². The van der Waals surface area contributed by atoms with Crippen molar-refractivity contribution in [1.82, 2.24) is 9.97 Å². The van der Waals surface area contributed by atoms with E-state index in [-0.39, 0.29) is 12.0 Å². The minimum atomic E-state index is -0.0185. The smallest absolute Gasteiger partial charge is 0.249 e. The molecule has 0 fully saturated rings. The lowest BCUT2D eigenvalue weighted by molar-refractivity contribution is 0.233. The maximum absolute atomic E-state index is 5.96. The van der Waals surface area contributed by atoms with Crippen LogP contribution in [0.4, 0.5) is 5.69 Å². The number of aryl methyl sites for hydroxylation is 1. The normalized spacial score (nSPS) is 10.7. The van der Waals surface area contributed by atoms with Crippen LogP contribution in [0, 0.1) is 6.92 Å². The SMILES string of the molecule is Cc1cc(Oc2ncnc(OC(C)C)c2N)ccc1Br. The van der Waals surface area contributed by atoms with Crippen LogP contribution in [0.1, 0.15) is 19.4 Å². The van der Waals surface area contributed by atoms with E-state index in [0.717, 1.165) is 10.0 Å². The quantitative estimate of drug-likeness (QED) is 0.920. The van der Waals surface area contributed by atoms with Gasteiger partial charge in [-0.2, -0.15) is 9.97 Å². The molecule has 0 radical (unpaired) electrons. The summed E-state index contributed by atoms with van der Waals surface area (Å²) in [7, 11) is 0. The molecule has 0 aliphatic heterocycles. The van der Waals surface area contributed by atoms with E-state index in [0.29, 0.717) is 17.3 Å². The highest BCUT2D eigenvalue weighted by atomic mass is 79.9. The zero-order chi connectivity index (χ0) is 14.7. The van der Waals surface area contributed by atoms with E-state index in [1.54, 1.807) is 0 Å². The van der Waals surface area contributed by atoms with Crippen LogP contribution in [0.3, 0.4) is 0 Å². The Labute approximate surface area is 126 Å². The second kappa shape index (κ2) is 6.09. The van der Waals surface area contributed by atoms with E-state index in [1.165, 1.54) is 6.33 Å². The first-order valence-corrected chi connectivity index (χ1v) is 6.98. The molecule has 0 saturated heterocycles. The minimum absolute atomic E-state index is 0.0185. The molecule has 0 spiro atoms. The molecule has 106 valence electrons. The summed E-state index contributed by atoms with van der Waals surface area (Å²) in [4.78, 5) is 8.05. The maximum atomic E-state index is 5.96. The highest BCUT2D eigenvalue weighted by molar-refractivity contribution is 9.10. The largest absolute Gasteiger partial charge is 0.473 e. The van der Waals surface area contributed by atoms with Crippen molar-refractivity contribution in [3.63, 3.8) is 0 Å². The van der Waals surface area contributed by atoms with Crippen molar-refractivity contribution in [2.24, 2.45) is 0 Å². The van der Waals surface area contributed by atoms with E-state index in [1.807, 2.05) is 39.0 Å². The van der Waals surface area contributed by atoms with E-state index < -0.39 is 0 Å². The molecule has 6 heteroatoms. The summed E-state index contributed by atoms with van der Waals surface area (Å²) in [6.07, 6.45) is 1.35. The second-order valence-electron chi connectivity index (χ2n) is 4.58. The van der Waals surface area contributed by atoms with Gasteiger partial charge in [-0.3, -0.25) is 0 Å². The minimum Gasteiger partial charge on any atom is -0.473 e. The topological polar surface area (TPSA) is 70.3 Å². The van der Waals surface area contributed by atoms with Gasteiger partial charge in [0.05, 0.1) is 6.10 Å². The standard InChI is InChI=1S/C14H16BrN3O2/c1-8(2)19-13-12(16)14(18-7-17-13)20-10-4-5-11(15)9(3)6-10/h4-8H,16H2,1-3H3. The molecule has 20 heavy (non-hydrogen) atoms. The van der Waals surface area contributed by atoms with Crippen molar-refractivity contribution in [2.45, 2.75) is 26.9 Å². The number of nitrogen functional groups attached to an aromatic ring is 1. The van der Waals surface area contributed by atoms with Gasteiger partial charge in [0.2, 0.25) is 11.8 Å². The summed E-state index contributed by atoms with van der Waals surface area (Å²) in [5.41, 5.74) is 7.32. The number of anilines is 1. The summed E-state index contributed by atoms with van der Waals surface area (Å²) in [6, 6.07) is 5.64. The van der Waals surface area contributed by atoms with E-state index in [4.69, 9.17) is 15.2 Å². The molecule has 0 saturated carbocycles. The summed E-state index contributed by atoms with van der Waals surface area (Å²) >= 11 is 3.44. The lowest BCUT2D eigenvalue weighted by Crippen LogP contribution is -2.10. The first-order valence-electron chi connectivity index (χ1n) is 6.18. The van der Waals surface area contributed by atoms with Crippen LogP contribution in [0.2, 0.25) is 0 Å². The molecule has 5 nitrogen and oxygen atoms in total. The highest BCUT2D eigenvalue weighted by Crippen LogP contribution is 2.32. The van der Waals surface area contributed by atoms with Crippen molar-refractivity contribution in [2.75, 3.05) is 5.73 Å². The van der Waals surface area contributed by atoms with Crippen molar-refractivity contribution in [3.8, 4) is 17.5 Å². The Morgan fingerprint density at radius 1 is 1.20 bits per heavy atom. The zero-order valence-corrected chi connectivity index (χ0v) is 13.1. The molecule has 2 N–H and O–H groups in total. The Morgan fingerprint density at radius 2 is 1.90 bits per heavy atom. The summed E-state index contributed by atoms with van der Waals surface area (Å²) in [5, 5.41) is 0. The third-order valence-electron chi connectivity index (χ3n) is 2.50. The number of benzene rings is 1. The molecule has 2 aromatic rings. The fourth-order valence-corrected chi connectivity index (χ4v) is 1.80. The predicted molar refractivity (Wildman–Crippen MR) is 81.2 cm³/mol. The molecular formula is C14H16BrN3O2. The van der Waals surface area contributed by atoms with Crippen LogP contribution in [0.15, 0.2) is 29.0 Å². The van der Waals surface area contributed by atoms with Gasteiger partial charge in [0.1, 0.15) is 12.1 Å². The number of nitrogens with two attached hydrogens (primary N) is 1. The molecule has 0 unspecified atom stereocenters. The van der Waals surface area contributed by atoms with Crippen LogP contribution in [0.25, 0.3) is 0 Å².